The van der Waals surface area contributed by atoms with Gasteiger partial charge in [0.05, 0.1) is 17.0 Å². The van der Waals surface area contributed by atoms with Crippen LogP contribution in [0.25, 0.3) is 0 Å². The SMILES string of the molecule is C=CC(=O)N[C@@H]1CCC(C(C)c2ncnc(N)c2/C(=N\C)c2ccc(Oc3c(F)c(F)cc(F)c3F)cc2F)C1. The lowest BCUT2D eigenvalue weighted by Crippen LogP contribution is -2.31. The number of carbonyl (C=O) groups is 1. The number of carbonyl (C=O) groups excluding carboxylic acids is 1. The Labute approximate surface area is 227 Å². The van der Waals surface area contributed by atoms with E-state index in [1.165, 1.54) is 25.5 Å². The molecule has 1 heterocycles. The van der Waals surface area contributed by atoms with Gasteiger partial charge in [-0.1, -0.05) is 13.5 Å². The zero-order valence-electron chi connectivity index (χ0n) is 21.6. The van der Waals surface area contributed by atoms with E-state index < -0.39 is 40.6 Å². The average molecular weight is 560 g/mol. The Balaban J connectivity index is 1.65. The fourth-order valence-corrected chi connectivity index (χ4v) is 4.96. The molecule has 0 radical (unpaired) electrons. The van der Waals surface area contributed by atoms with Gasteiger partial charge in [-0.05, 0) is 43.4 Å². The summed E-state index contributed by atoms with van der Waals surface area (Å²) in [5, 5.41) is 2.91. The van der Waals surface area contributed by atoms with Gasteiger partial charge in [-0.3, -0.25) is 9.79 Å². The van der Waals surface area contributed by atoms with Crippen molar-refractivity contribution in [2.45, 2.75) is 38.1 Å². The van der Waals surface area contributed by atoms with Crippen LogP contribution in [-0.2, 0) is 4.79 Å². The molecule has 1 saturated carbocycles. The molecular weight excluding hydrogens is 533 g/mol. The van der Waals surface area contributed by atoms with Crippen molar-refractivity contribution < 1.29 is 31.5 Å². The number of ether oxygens (including phenoxy) is 1. The lowest BCUT2D eigenvalue weighted by molar-refractivity contribution is -0.117. The van der Waals surface area contributed by atoms with Gasteiger partial charge in [0.2, 0.25) is 23.3 Å². The minimum Gasteiger partial charge on any atom is -0.451 e. The van der Waals surface area contributed by atoms with E-state index in [1.807, 2.05) is 6.92 Å². The van der Waals surface area contributed by atoms with E-state index in [0.717, 1.165) is 25.0 Å². The van der Waals surface area contributed by atoms with E-state index in [4.69, 9.17) is 10.5 Å². The maximum absolute atomic E-state index is 15.4. The van der Waals surface area contributed by atoms with Gasteiger partial charge in [0.25, 0.3) is 0 Å². The highest BCUT2D eigenvalue weighted by Gasteiger charge is 2.33. The summed E-state index contributed by atoms with van der Waals surface area (Å²) in [6.45, 7) is 5.43. The molecular formula is C28H26F5N5O2. The number of hydrogen-bond acceptors (Lipinski definition) is 6. The molecule has 7 nitrogen and oxygen atoms in total. The fourth-order valence-electron chi connectivity index (χ4n) is 4.96. The number of rotatable bonds is 8. The van der Waals surface area contributed by atoms with Gasteiger partial charge in [-0.15, -0.1) is 0 Å². The van der Waals surface area contributed by atoms with Crippen LogP contribution in [0, 0.1) is 35.0 Å². The molecule has 0 bridgehead atoms. The van der Waals surface area contributed by atoms with Crippen LogP contribution in [0.5, 0.6) is 11.5 Å². The number of halogens is 5. The second kappa shape index (κ2) is 11.8. The number of nitrogens with two attached hydrogens (primary N) is 1. The standard InChI is InChI=1S/C28H26F5N5O2/c1-4-21(39)38-15-6-5-14(9-15)13(2)25-22(28(34)37-12-36-25)26(35-3)17-8-7-16(10-18(17)29)40-27-23(32)19(30)11-20(31)24(27)33/h4,7-8,10-15H,1,5-6,9H2,2-3H3,(H,38,39)(H2,34,36,37)/b35-26-/t13?,14?,15-/m1/s1. The first-order valence-electron chi connectivity index (χ1n) is 12.4. The molecule has 2 unspecified atom stereocenters. The number of nitrogens with zero attached hydrogens (tertiary/aromatic N) is 3. The van der Waals surface area contributed by atoms with E-state index in [1.54, 1.807) is 0 Å². The largest absolute Gasteiger partial charge is 0.451 e. The van der Waals surface area contributed by atoms with Crippen molar-refractivity contribution in [3.05, 3.63) is 89.2 Å². The first-order chi connectivity index (χ1) is 19.0. The number of anilines is 1. The number of aliphatic imine (C=N–C) groups is 1. The Morgan fingerprint density at radius 3 is 2.45 bits per heavy atom. The van der Waals surface area contributed by atoms with Crippen LogP contribution in [0.3, 0.4) is 0 Å². The predicted molar refractivity (Wildman–Crippen MR) is 139 cm³/mol. The van der Waals surface area contributed by atoms with Crippen molar-refractivity contribution in [3.8, 4) is 11.5 Å². The van der Waals surface area contributed by atoms with E-state index >= 15 is 4.39 Å². The van der Waals surface area contributed by atoms with E-state index in [9.17, 15) is 22.4 Å². The Kier molecular flexibility index (Phi) is 8.46. The van der Waals surface area contributed by atoms with Gasteiger partial charge in [0.1, 0.15) is 23.7 Å². The van der Waals surface area contributed by atoms with Gasteiger partial charge in [-0.25, -0.2) is 23.1 Å². The molecule has 1 amide bonds. The van der Waals surface area contributed by atoms with Crippen LogP contribution in [0.4, 0.5) is 27.8 Å². The van der Waals surface area contributed by atoms with Crippen molar-refractivity contribution in [2.75, 3.05) is 12.8 Å². The summed E-state index contributed by atoms with van der Waals surface area (Å²) in [4.78, 5) is 24.5. The highest BCUT2D eigenvalue weighted by atomic mass is 19.2. The molecule has 3 atom stereocenters. The van der Waals surface area contributed by atoms with Gasteiger partial charge >= 0.3 is 0 Å². The lowest BCUT2D eigenvalue weighted by Gasteiger charge is -2.23. The van der Waals surface area contributed by atoms with Gasteiger partial charge in [0.15, 0.2) is 11.6 Å². The zero-order chi connectivity index (χ0) is 29.1. The molecule has 1 aliphatic rings. The Bertz CT molecular complexity index is 1470. The van der Waals surface area contributed by atoms with Crippen LogP contribution in [0.1, 0.15) is 48.9 Å². The number of amides is 1. The van der Waals surface area contributed by atoms with Crippen LogP contribution in [0.15, 0.2) is 48.2 Å². The van der Waals surface area contributed by atoms with E-state index in [2.05, 4.69) is 26.9 Å². The first kappa shape index (κ1) is 28.7. The summed E-state index contributed by atoms with van der Waals surface area (Å²) in [5.74, 6) is -9.74. The summed E-state index contributed by atoms with van der Waals surface area (Å²) < 4.78 is 75.5. The third-order valence-electron chi connectivity index (χ3n) is 7.00. The summed E-state index contributed by atoms with van der Waals surface area (Å²) in [6.07, 6.45) is 4.79. The predicted octanol–water partition coefficient (Wildman–Crippen LogP) is 5.59. The molecule has 12 heteroatoms. The maximum atomic E-state index is 15.4. The van der Waals surface area contributed by atoms with Crippen LogP contribution in [0.2, 0.25) is 0 Å². The molecule has 0 saturated heterocycles. The molecule has 3 N–H and O–H groups in total. The van der Waals surface area contributed by atoms with Gasteiger partial charge < -0.3 is 15.8 Å². The number of hydrogen-bond donors (Lipinski definition) is 2. The molecule has 4 rings (SSSR count). The van der Waals surface area contributed by atoms with E-state index in [-0.39, 0.29) is 46.9 Å². The Hall–Kier alpha value is -4.35. The molecule has 1 aromatic heterocycles. The maximum Gasteiger partial charge on any atom is 0.243 e. The minimum absolute atomic E-state index is 0.0221. The van der Waals surface area contributed by atoms with Crippen LogP contribution >= 0.6 is 0 Å². The quantitative estimate of drug-likeness (QED) is 0.162. The number of aromatic nitrogens is 2. The number of nitrogens with one attached hydrogen (secondary N) is 1. The molecule has 3 aromatic rings. The normalized spacial score (nSPS) is 17.9. The van der Waals surface area contributed by atoms with Gasteiger partial charge in [-0.2, -0.15) is 8.78 Å². The topological polar surface area (TPSA) is 102 Å². The van der Waals surface area contributed by atoms with E-state index in [0.29, 0.717) is 17.7 Å². The van der Waals surface area contributed by atoms with Crippen molar-refractivity contribution in [3.63, 3.8) is 0 Å². The molecule has 210 valence electrons. The van der Waals surface area contributed by atoms with Crippen molar-refractivity contribution in [1.82, 2.24) is 15.3 Å². The molecule has 2 aromatic carbocycles. The third kappa shape index (κ3) is 5.65. The lowest BCUT2D eigenvalue weighted by atomic mass is 9.85. The van der Waals surface area contributed by atoms with Gasteiger partial charge in [0, 0.05) is 36.7 Å². The highest BCUT2D eigenvalue weighted by molar-refractivity contribution is 6.16. The van der Waals surface area contributed by atoms with Crippen molar-refractivity contribution in [1.29, 1.82) is 0 Å². The Morgan fingerprint density at radius 1 is 1.12 bits per heavy atom. The number of nitrogen functional groups attached to an aromatic ring is 1. The van der Waals surface area contributed by atoms with Crippen molar-refractivity contribution in [2.24, 2.45) is 10.9 Å². The molecule has 1 aliphatic carbocycles. The first-order valence-corrected chi connectivity index (χ1v) is 12.4. The average Bonchev–Trinajstić information content (AvgIpc) is 3.40. The van der Waals surface area contributed by atoms with Crippen molar-refractivity contribution >= 4 is 17.4 Å². The van der Waals surface area contributed by atoms with Crippen LogP contribution < -0.4 is 15.8 Å². The smallest absolute Gasteiger partial charge is 0.243 e. The molecule has 0 spiro atoms. The second-order valence-electron chi connectivity index (χ2n) is 9.40. The highest BCUT2D eigenvalue weighted by Crippen LogP contribution is 2.39. The number of benzene rings is 2. The molecule has 0 aliphatic heterocycles. The third-order valence-corrected chi connectivity index (χ3v) is 7.00. The zero-order valence-corrected chi connectivity index (χ0v) is 21.6. The summed E-state index contributed by atoms with van der Waals surface area (Å²) >= 11 is 0. The fraction of sp³-hybridized carbons (Fsp3) is 0.286. The van der Waals surface area contributed by atoms with Crippen LogP contribution in [-0.4, -0.2) is 34.7 Å². The minimum atomic E-state index is -1.76. The summed E-state index contributed by atoms with van der Waals surface area (Å²) in [6, 6.07) is 3.22. The summed E-state index contributed by atoms with van der Waals surface area (Å²) in [5.41, 5.74) is 7.15. The molecule has 1 fully saturated rings. The summed E-state index contributed by atoms with van der Waals surface area (Å²) in [7, 11) is 1.43. The Morgan fingerprint density at radius 2 is 1.82 bits per heavy atom. The second-order valence-corrected chi connectivity index (χ2v) is 9.40. The monoisotopic (exact) mass is 559 g/mol. The molecule has 40 heavy (non-hydrogen) atoms.